The average molecular weight is 247 g/mol. The average Bonchev–Trinajstić information content (AvgIpc) is 2.15. The Labute approximate surface area is 98.3 Å². The van der Waals surface area contributed by atoms with Crippen molar-refractivity contribution in [2.75, 3.05) is 18.4 Å². The molecule has 1 rings (SSSR count). The van der Waals surface area contributed by atoms with E-state index in [4.69, 9.17) is 34.7 Å². The van der Waals surface area contributed by atoms with Crippen molar-refractivity contribution in [3.63, 3.8) is 0 Å². The molecule has 0 aliphatic rings. The summed E-state index contributed by atoms with van der Waals surface area (Å²) in [7, 11) is 0. The number of guanidine groups is 1. The number of hydrogen-bond donors (Lipinski definition) is 3. The van der Waals surface area contributed by atoms with Crippen LogP contribution in [0.3, 0.4) is 0 Å². The van der Waals surface area contributed by atoms with Gasteiger partial charge in [-0.15, -0.1) is 0 Å². The first-order chi connectivity index (χ1) is 7.11. The monoisotopic (exact) mass is 246 g/mol. The van der Waals surface area contributed by atoms with E-state index in [1.807, 2.05) is 0 Å². The zero-order valence-electron chi connectivity index (χ0n) is 8.00. The summed E-state index contributed by atoms with van der Waals surface area (Å²) in [6, 6.07) is 5.30. The number of rotatable bonds is 4. The largest absolute Gasteiger partial charge is 0.381 e. The first-order valence-corrected chi connectivity index (χ1v) is 5.10. The molecule has 0 fully saturated rings. The minimum absolute atomic E-state index is 0.0713. The fraction of sp³-hybridized carbons (Fsp3) is 0.222. The number of nitrogens with one attached hydrogen (secondary N) is 1. The molecule has 6 heteroatoms. The van der Waals surface area contributed by atoms with E-state index in [0.717, 1.165) is 0 Å². The van der Waals surface area contributed by atoms with E-state index in [0.29, 0.717) is 28.8 Å². The molecule has 4 nitrogen and oxygen atoms in total. The molecule has 0 atom stereocenters. The third-order valence-electron chi connectivity index (χ3n) is 1.67. The molecule has 0 spiro atoms. The SMILES string of the molecule is NC(N)=NCCNc1c(Cl)cccc1Cl. The second-order valence-corrected chi connectivity index (χ2v) is 3.64. The fourth-order valence-corrected chi connectivity index (χ4v) is 1.56. The molecule has 0 bridgehead atoms. The van der Waals surface area contributed by atoms with Gasteiger partial charge in [-0.25, -0.2) is 0 Å². The van der Waals surface area contributed by atoms with Gasteiger partial charge in [-0.1, -0.05) is 29.3 Å². The number of nitrogens with zero attached hydrogens (tertiary/aromatic N) is 1. The predicted octanol–water partition coefficient (Wildman–Crippen LogP) is 1.68. The topological polar surface area (TPSA) is 76.4 Å². The second kappa shape index (κ2) is 5.68. The molecule has 0 aliphatic heterocycles. The molecule has 5 N–H and O–H groups in total. The van der Waals surface area contributed by atoms with Gasteiger partial charge in [0.1, 0.15) is 0 Å². The number of benzene rings is 1. The van der Waals surface area contributed by atoms with E-state index >= 15 is 0 Å². The quantitative estimate of drug-likeness (QED) is 0.430. The van der Waals surface area contributed by atoms with Crippen LogP contribution in [0.25, 0.3) is 0 Å². The van der Waals surface area contributed by atoms with Gasteiger partial charge in [0.2, 0.25) is 0 Å². The summed E-state index contributed by atoms with van der Waals surface area (Å²) in [5.74, 6) is 0.0713. The maximum absolute atomic E-state index is 5.94. The van der Waals surface area contributed by atoms with Crippen molar-refractivity contribution in [3.05, 3.63) is 28.2 Å². The lowest BCUT2D eigenvalue weighted by molar-refractivity contribution is 1.01. The van der Waals surface area contributed by atoms with Crippen LogP contribution < -0.4 is 16.8 Å². The van der Waals surface area contributed by atoms with Crippen molar-refractivity contribution < 1.29 is 0 Å². The highest BCUT2D eigenvalue weighted by Crippen LogP contribution is 2.29. The molecule has 15 heavy (non-hydrogen) atoms. The van der Waals surface area contributed by atoms with E-state index in [1.54, 1.807) is 18.2 Å². The van der Waals surface area contributed by atoms with Gasteiger partial charge in [0.25, 0.3) is 0 Å². The predicted molar refractivity (Wildman–Crippen MR) is 65.6 cm³/mol. The molecule has 0 radical (unpaired) electrons. The molecule has 0 amide bonds. The standard InChI is InChI=1S/C9H12Cl2N4/c10-6-2-1-3-7(11)8(6)14-4-5-15-9(12)13/h1-3,14H,4-5H2,(H4,12,13,15). The highest BCUT2D eigenvalue weighted by Gasteiger charge is 2.03. The van der Waals surface area contributed by atoms with Crippen LogP contribution in [0, 0.1) is 0 Å². The summed E-state index contributed by atoms with van der Waals surface area (Å²) in [5.41, 5.74) is 11.1. The van der Waals surface area contributed by atoms with Crippen molar-refractivity contribution >= 4 is 34.8 Å². The van der Waals surface area contributed by atoms with Gasteiger partial charge in [-0.2, -0.15) is 0 Å². The van der Waals surface area contributed by atoms with Crippen LogP contribution in [0.4, 0.5) is 5.69 Å². The number of para-hydroxylation sites is 1. The normalized spacial score (nSPS) is 9.73. The summed E-state index contributed by atoms with van der Waals surface area (Å²) in [6.45, 7) is 1.05. The van der Waals surface area contributed by atoms with E-state index in [2.05, 4.69) is 10.3 Å². The first-order valence-electron chi connectivity index (χ1n) is 4.34. The van der Waals surface area contributed by atoms with Gasteiger partial charge >= 0.3 is 0 Å². The van der Waals surface area contributed by atoms with Crippen molar-refractivity contribution in [1.82, 2.24) is 0 Å². The number of halogens is 2. The Morgan fingerprint density at radius 3 is 2.40 bits per heavy atom. The Bertz CT molecular complexity index is 341. The smallest absolute Gasteiger partial charge is 0.185 e. The van der Waals surface area contributed by atoms with Crippen LogP contribution >= 0.6 is 23.2 Å². The minimum Gasteiger partial charge on any atom is -0.381 e. The lowest BCUT2D eigenvalue weighted by Crippen LogP contribution is -2.24. The molecule has 0 saturated carbocycles. The third-order valence-corrected chi connectivity index (χ3v) is 2.30. The Balaban J connectivity index is 2.54. The Kier molecular flexibility index (Phi) is 4.52. The maximum Gasteiger partial charge on any atom is 0.185 e. The molecule has 0 saturated heterocycles. The molecule has 0 aromatic heterocycles. The van der Waals surface area contributed by atoms with Crippen molar-refractivity contribution in [2.24, 2.45) is 16.5 Å². The molecule has 82 valence electrons. The van der Waals surface area contributed by atoms with Crippen molar-refractivity contribution in [1.29, 1.82) is 0 Å². The molecule has 0 heterocycles. The lowest BCUT2D eigenvalue weighted by Gasteiger charge is -2.08. The van der Waals surface area contributed by atoms with Crippen LogP contribution in [0.15, 0.2) is 23.2 Å². The lowest BCUT2D eigenvalue weighted by atomic mass is 10.3. The molecular formula is C9H12Cl2N4. The zero-order valence-corrected chi connectivity index (χ0v) is 9.52. The van der Waals surface area contributed by atoms with E-state index in [1.165, 1.54) is 0 Å². The van der Waals surface area contributed by atoms with Gasteiger partial charge in [-0.3, -0.25) is 4.99 Å². The molecule has 1 aromatic carbocycles. The van der Waals surface area contributed by atoms with E-state index in [9.17, 15) is 0 Å². The van der Waals surface area contributed by atoms with Crippen LogP contribution in [-0.2, 0) is 0 Å². The molecule has 0 aliphatic carbocycles. The number of hydrogen-bond acceptors (Lipinski definition) is 2. The summed E-state index contributed by atoms with van der Waals surface area (Å²) >= 11 is 11.9. The Morgan fingerprint density at radius 1 is 1.27 bits per heavy atom. The van der Waals surface area contributed by atoms with Crippen molar-refractivity contribution in [3.8, 4) is 0 Å². The fourth-order valence-electron chi connectivity index (χ4n) is 1.03. The zero-order chi connectivity index (χ0) is 11.3. The highest BCUT2D eigenvalue weighted by atomic mass is 35.5. The van der Waals surface area contributed by atoms with Gasteiger partial charge in [0.05, 0.1) is 22.3 Å². The van der Waals surface area contributed by atoms with E-state index in [-0.39, 0.29) is 5.96 Å². The van der Waals surface area contributed by atoms with Gasteiger partial charge in [-0.05, 0) is 12.1 Å². The van der Waals surface area contributed by atoms with Crippen LogP contribution in [0.5, 0.6) is 0 Å². The summed E-state index contributed by atoms with van der Waals surface area (Å²) in [4.78, 5) is 3.82. The summed E-state index contributed by atoms with van der Waals surface area (Å²) in [5, 5.41) is 4.21. The van der Waals surface area contributed by atoms with E-state index < -0.39 is 0 Å². The van der Waals surface area contributed by atoms with Gasteiger partial charge in [0, 0.05) is 6.54 Å². The maximum atomic E-state index is 5.94. The highest BCUT2D eigenvalue weighted by molar-refractivity contribution is 6.39. The summed E-state index contributed by atoms with van der Waals surface area (Å²) in [6.07, 6.45) is 0. The number of anilines is 1. The Morgan fingerprint density at radius 2 is 1.87 bits per heavy atom. The van der Waals surface area contributed by atoms with Crippen LogP contribution in [0.2, 0.25) is 10.0 Å². The van der Waals surface area contributed by atoms with Crippen LogP contribution in [-0.4, -0.2) is 19.0 Å². The Hall–Kier alpha value is -1.13. The van der Waals surface area contributed by atoms with Crippen molar-refractivity contribution in [2.45, 2.75) is 0 Å². The number of aliphatic imine (C=N–C) groups is 1. The van der Waals surface area contributed by atoms with Crippen LogP contribution in [0.1, 0.15) is 0 Å². The molecule has 0 unspecified atom stereocenters. The number of nitrogens with two attached hydrogens (primary N) is 2. The molecule has 1 aromatic rings. The van der Waals surface area contributed by atoms with Gasteiger partial charge in [0.15, 0.2) is 5.96 Å². The first kappa shape index (κ1) is 11.9. The molecular weight excluding hydrogens is 235 g/mol. The third kappa shape index (κ3) is 3.85. The second-order valence-electron chi connectivity index (χ2n) is 2.83. The van der Waals surface area contributed by atoms with Gasteiger partial charge < -0.3 is 16.8 Å². The summed E-state index contributed by atoms with van der Waals surface area (Å²) < 4.78 is 0. The minimum atomic E-state index is 0.0713.